The third-order valence-electron chi connectivity index (χ3n) is 4.19. The Morgan fingerprint density at radius 2 is 2.00 bits per heavy atom. The number of aliphatic hydroxyl groups excluding tert-OH is 1. The first-order valence-electron chi connectivity index (χ1n) is 7.69. The lowest BCUT2D eigenvalue weighted by Gasteiger charge is -2.34. The molecule has 2 aliphatic heterocycles. The van der Waals surface area contributed by atoms with E-state index < -0.39 is 0 Å². The minimum atomic E-state index is -0.0814. The molecule has 1 unspecified atom stereocenters. The highest BCUT2D eigenvalue weighted by atomic mass is 16.3. The van der Waals surface area contributed by atoms with E-state index in [0.29, 0.717) is 32.6 Å². The van der Waals surface area contributed by atoms with Crippen molar-refractivity contribution < 1.29 is 14.7 Å². The summed E-state index contributed by atoms with van der Waals surface area (Å²) in [5.74, 6) is 0.114. The molecule has 21 heavy (non-hydrogen) atoms. The summed E-state index contributed by atoms with van der Waals surface area (Å²) in [5, 5.41) is 11.9. The van der Waals surface area contributed by atoms with Crippen LogP contribution >= 0.6 is 0 Å². The van der Waals surface area contributed by atoms with Crippen molar-refractivity contribution in [3.8, 4) is 0 Å². The van der Waals surface area contributed by atoms with Gasteiger partial charge in [0.1, 0.15) is 0 Å². The molecular formula is C14H26N4O3. The van der Waals surface area contributed by atoms with Crippen molar-refractivity contribution in [2.45, 2.75) is 32.4 Å². The molecule has 0 bridgehead atoms. The van der Waals surface area contributed by atoms with Crippen LogP contribution in [0.2, 0.25) is 0 Å². The maximum atomic E-state index is 12.2. The fraction of sp³-hybridized carbons (Fsp3) is 0.857. The molecule has 2 heterocycles. The number of hydrogen-bond acceptors (Lipinski definition) is 4. The minimum Gasteiger partial charge on any atom is -0.395 e. The number of amides is 3. The first-order valence-corrected chi connectivity index (χ1v) is 7.69. The zero-order valence-corrected chi connectivity index (χ0v) is 12.9. The van der Waals surface area contributed by atoms with Gasteiger partial charge < -0.3 is 20.2 Å². The molecule has 0 radical (unpaired) electrons. The largest absolute Gasteiger partial charge is 0.395 e. The third kappa shape index (κ3) is 4.07. The minimum absolute atomic E-state index is 0.0807. The zero-order chi connectivity index (χ0) is 15.4. The lowest BCUT2D eigenvalue weighted by Crippen LogP contribution is -2.54. The van der Waals surface area contributed by atoms with Crippen LogP contribution in [0.1, 0.15) is 20.3 Å². The lowest BCUT2D eigenvalue weighted by molar-refractivity contribution is -0.129. The van der Waals surface area contributed by atoms with Gasteiger partial charge in [0.15, 0.2) is 0 Å². The molecule has 120 valence electrons. The highest BCUT2D eigenvalue weighted by Crippen LogP contribution is 2.14. The van der Waals surface area contributed by atoms with Crippen LogP contribution in [0.25, 0.3) is 0 Å². The highest BCUT2D eigenvalue weighted by Gasteiger charge is 2.33. The van der Waals surface area contributed by atoms with Gasteiger partial charge in [0.05, 0.1) is 12.6 Å². The molecule has 3 amide bonds. The molecule has 0 aromatic carbocycles. The van der Waals surface area contributed by atoms with Gasteiger partial charge in [-0.1, -0.05) is 0 Å². The Kier molecular flexibility index (Phi) is 5.41. The normalized spacial score (nSPS) is 24.0. The van der Waals surface area contributed by atoms with E-state index in [1.807, 2.05) is 18.7 Å². The molecule has 0 aliphatic carbocycles. The highest BCUT2D eigenvalue weighted by molar-refractivity contribution is 5.82. The maximum absolute atomic E-state index is 12.2. The van der Waals surface area contributed by atoms with Crippen LogP contribution in [0.4, 0.5) is 4.79 Å². The van der Waals surface area contributed by atoms with Crippen LogP contribution in [0, 0.1) is 0 Å². The summed E-state index contributed by atoms with van der Waals surface area (Å²) in [4.78, 5) is 29.8. The van der Waals surface area contributed by atoms with E-state index in [4.69, 9.17) is 5.11 Å². The number of nitrogens with zero attached hydrogens (tertiary/aromatic N) is 3. The molecular weight excluding hydrogens is 272 g/mol. The summed E-state index contributed by atoms with van der Waals surface area (Å²) in [6.45, 7) is 8.31. The second kappa shape index (κ2) is 7.09. The number of rotatable bonds is 4. The quantitative estimate of drug-likeness (QED) is 0.721. The summed E-state index contributed by atoms with van der Waals surface area (Å²) < 4.78 is 0. The number of nitrogens with one attached hydrogen (secondary N) is 1. The number of carbonyl (C=O) groups is 2. The second-order valence-corrected chi connectivity index (χ2v) is 6.04. The van der Waals surface area contributed by atoms with E-state index in [1.165, 1.54) is 0 Å². The molecule has 2 saturated heterocycles. The van der Waals surface area contributed by atoms with Crippen molar-refractivity contribution in [2.24, 2.45) is 0 Å². The fourth-order valence-electron chi connectivity index (χ4n) is 2.91. The molecule has 7 nitrogen and oxygen atoms in total. The Morgan fingerprint density at radius 1 is 1.33 bits per heavy atom. The molecule has 2 aliphatic rings. The standard InChI is InChI=1S/C14H26N4O3/c1-11(2)18-10-12(9-13(18)20)15-14(21)17-5-3-16(4-6-17)7-8-19/h11-12,19H,3-10H2,1-2H3,(H,15,21). The SMILES string of the molecule is CC(C)N1CC(NC(=O)N2CCN(CCO)CC2)CC1=O. The zero-order valence-electron chi connectivity index (χ0n) is 12.9. The molecule has 2 fully saturated rings. The Morgan fingerprint density at radius 3 is 2.52 bits per heavy atom. The Bertz CT molecular complexity index is 380. The monoisotopic (exact) mass is 298 g/mol. The molecule has 2 N–H and O–H groups in total. The predicted molar refractivity (Wildman–Crippen MR) is 78.9 cm³/mol. The molecule has 0 spiro atoms. The van der Waals surface area contributed by atoms with Crippen LogP contribution in [0.15, 0.2) is 0 Å². The number of β-amino-alcohol motifs (C(OH)–C–C–N with tert-alkyl or cyclic N) is 1. The van der Waals surface area contributed by atoms with Gasteiger partial charge in [-0.15, -0.1) is 0 Å². The molecule has 0 saturated carbocycles. The van der Waals surface area contributed by atoms with Crippen LogP contribution in [-0.4, -0.2) is 89.7 Å². The van der Waals surface area contributed by atoms with E-state index in [2.05, 4.69) is 10.2 Å². The topological polar surface area (TPSA) is 76.1 Å². The molecule has 0 aromatic heterocycles. The summed E-state index contributed by atoms with van der Waals surface area (Å²) in [6, 6.07) is 0.0198. The van der Waals surface area contributed by atoms with Crippen molar-refractivity contribution in [3.05, 3.63) is 0 Å². The Balaban J connectivity index is 1.77. The van der Waals surface area contributed by atoms with Crippen LogP contribution in [-0.2, 0) is 4.79 Å². The van der Waals surface area contributed by atoms with Crippen LogP contribution in [0.5, 0.6) is 0 Å². The molecule has 7 heteroatoms. The summed E-state index contributed by atoms with van der Waals surface area (Å²) in [5.41, 5.74) is 0. The maximum Gasteiger partial charge on any atom is 0.317 e. The van der Waals surface area contributed by atoms with Crippen molar-refractivity contribution in [1.82, 2.24) is 20.0 Å². The number of carbonyl (C=O) groups excluding carboxylic acids is 2. The second-order valence-electron chi connectivity index (χ2n) is 6.04. The first kappa shape index (κ1) is 16.0. The molecule has 0 aromatic rings. The predicted octanol–water partition coefficient (Wildman–Crippen LogP) is -0.685. The average molecular weight is 298 g/mol. The Hall–Kier alpha value is -1.34. The van der Waals surface area contributed by atoms with E-state index in [-0.39, 0.29) is 30.6 Å². The van der Waals surface area contributed by atoms with Crippen molar-refractivity contribution in [2.75, 3.05) is 45.9 Å². The number of aliphatic hydroxyl groups is 1. The number of likely N-dealkylation sites (tertiary alicyclic amines) is 1. The van der Waals surface area contributed by atoms with E-state index >= 15 is 0 Å². The summed E-state index contributed by atoms with van der Waals surface area (Å²) >= 11 is 0. The third-order valence-corrected chi connectivity index (χ3v) is 4.19. The van der Waals surface area contributed by atoms with E-state index in [1.54, 1.807) is 4.90 Å². The van der Waals surface area contributed by atoms with Gasteiger partial charge in [-0.25, -0.2) is 4.79 Å². The van der Waals surface area contributed by atoms with Gasteiger partial charge in [-0.05, 0) is 13.8 Å². The fourth-order valence-corrected chi connectivity index (χ4v) is 2.91. The van der Waals surface area contributed by atoms with Gasteiger partial charge >= 0.3 is 6.03 Å². The first-order chi connectivity index (χ1) is 10.0. The average Bonchev–Trinajstić information content (AvgIpc) is 2.81. The van der Waals surface area contributed by atoms with Gasteiger partial charge in [0, 0.05) is 51.7 Å². The molecule has 1 atom stereocenters. The van der Waals surface area contributed by atoms with E-state index in [9.17, 15) is 9.59 Å². The Labute approximate surface area is 125 Å². The van der Waals surface area contributed by atoms with E-state index in [0.717, 1.165) is 13.1 Å². The van der Waals surface area contributed by atoms with Gasteiger partial charge in [-0.3, -0.25) is 9.69 Å². The summed E-state index contributed by atoms with van der Waals surface area (Å²) in [6.07, 6.45) is 0.397. The van der Waals surface area contributed by atoms with Gasteiger partial charge in [0.25, 0.3) is 0 Å². The smallest absolute Gasteiger partial charge is 0.317 e. The number of hydrogen-bond donors (Lipinski definition) is 2. The van der Waals surface area contributed by atoms with Gasteiger partial charge in [-0.2, -0.15) is 0 Å². The number of piperazine rings is 1. The lowest BCUT2D eigenvalue weighted by atomic mass is 10.2. The van der Waals surface area contributed by atoms with Crippen molar-refractivity contribution in [3.63, 3.8) is 0 Å². The number of urea groups is 1. The summed E-state index contributed by atoms with van der Waals surface area (Å²) in [7, 11) is 0. The van der Waals surface area contributed by atoms with Crippen LogP contribution in [0.3, 0.4) is 0 Å². The van der Waals surface area contributed by atoms with Crippen molar-refractivity contribution >= 4 is 11.9 Å². The van der Waals surface area contributed by atoms with Crippen LogP contribution < -0.4 is 5.32 Å². The van der Waals surface area contributed by atoms with Gasteiger partial charge in [0.2, 0.25) is 5.91 Å². The molecule has 2 rings (SSSR count). The van der Waals surface area contributed by atoms with Crippen molar-refractivity contribution in [1.29, 1.82) is 0 Å².